The predicted molar refractivity (Wildman–Crippen MR) is 91.4 cm³/mol. The number of carbonyl (C=O) groups excluding carboxylic acids is 1. The van der Waals surface area contributed by atoms with Crippen LogP contribution in [0.2, 0.25) is 5.02 Å². The van der Waals surface area contributed by atoms with Crippen molar-refractivity contribution >= 4 is 23.6 Å². The molecule has 24 heavy (non-hydrogen) atoms. The molecule has 1 aliphatic carbocycles. The third kappa shape index (κ3) is 4.77. The zero-order valence-electron chi connectivity index (χ0n) is 13.9. The van der Waals surface area contributed by atoms with Crippen LogP contribution in [0.5, 0.6) is 5.75 Å². The number of nitrogens with one attached hydrogen (secondary N) is 1. The van der Waals surface area contributed by atoms with Crippen LogP contribution in [0.25, 0.3) is 0 Å². The highest BCUT2D eigenvalue weighted by Crippen LogP contribution is 2.25. The average Bonchev–Trinajstić information content (AvgIpc) is 2.55. The molecule has 0 aliphatic heterocycles. The maximum Gasteiger partial charge on any atom is 0.317 e. The number of hydrogen-bond donors (Lipinski definition) is 2. The molecule has 1 fully saturated rings. The van der Waals surface area contributed by atoms with E-state index in [1.54, 1.807) is 37.3 Å². The van der Waals surface area contributed by atoms with E-state index in [0.29, 0.717) is 43.0 Å². The summed E-state index contributed by atoms with van der Waals surface area (Å²) >= 11 is 6.01. The maximum absolute atomic E-state index is 12.3. The summed E-state index contributed by atoms with van der Waals surface area (Å²) in [7, 11) is 3.28. The number of nitrogens with zero attached hydrogens (tertiary/aromatic N) is 1. The van der Waals surface area contributed by atoms with Gasteiger partial charge in [-0.1, -0.05) is 11.6 Å². The molecular formula is C17H23ClN2O4. The Morgan fingerprint density at radius 3 is 2.58 bits per heavy atom. The Bertz CT molecular complexity index is 600. The summed E-state index contributed by atoms with van der Waals surface area (Å²) in [5.74, 6) is -0.349. The number of rotatable bonds is 5. The fraction of sp³-hybridized carbons (Fsp3) is 0.529. The first kappa shape index (κ1) is 18.4. The standard InChI is InChI=1S/C17H23ClN2O4/c1-20(10-12-9-13(18)5-8-15(12)24-2)17(23)19-14-6-3-11(4-7-14)16(21)22/h5,8-9,11,14H,3-4,6-7,10H2,1-2H3,(H,19,23)(H,21,22). The van der Waals surface area contributed by atoms with Crippen molar-refractivity contribution in [1.82, 2.24) is 10.2 Å². The normalized spacial score (nSPS) is 20.3. The lowest BCUT2D eigenvalue weighted by atomic mass is 9.86. The summed E-state index contributed by atoms with van der Waals surface area (Å²) in [6.07, 6.45) is 2.59. The van der Waals surface area contributed by atoms with Crippen molar-refractivity contribution < 1.29 is 19.4 Å². The highest BCUT2D eigenvalue weighted by molar-refractivity contribution is 6.30. The molecule has 0 radical (unpaired) electrons. The van der Waals surface area contributed by atoms with Crippen LogP contribution in [0.3, 0.4) is 0 Å². The fourth-order valence-electron chi connectivity index (χ4n) is 2.97. The van der Waals surface area contributed by atoms with Gasteiger partial charge in [0.2, 0.25) is 0 Å². The third-order valence-corrected chi connectivity index (χ3v) is 4.64. The van der Waals surface area contributed by atoms with Gasteiger partial charge in [0, 0.05) is 23.7 Å². The minimum Gasteiger partial charge on any atom is -0.496 e. The molecular weight excluding hydrogens is 332 g/mol. The molecule has 0 atom stereocenters. The molecule has 6 nitrogen and oxygen atoms in total. The summed E-state index contributed by atoms with van der Waals surface area (Å²) in [5.41, 5.74) is 0.831. The summed E-state index contributed by atoms with van der Waals surface area (Å²) in [6, 6.07) is 5.14. The van der Waals surface area contributed by atoms with Gasteiger partial charge in [-0.25, -0.2) is 4.79 Å². The molecule has 0 unspecified atom stereocenters. The molecule has 1 aromatic rings. The molecule has 2 rings (SSSR count). The van der Waals surface area contributed by atoms with Crippen LogP contribution in [-0.2, 0) is 11.3 Å². The van der Waals surface area contributed by atoms with Crippen LogP contribution in [0, 0.1) is 5.92 Å². The molecule has 132 valence electrons. The summed E-state index contributed by atoms with van der Waals surface area (Å²) in [6.45, 7) is 0.375. The second-order valence-corrected chi connectivity index (χ2v) is 6.58. The minimum absolute atomic E-state index is 0.0248. The minimum atomic E-state index is -0.745. The monoisotopic (exact) mass is 354 g/mol. The largest absolute Gasteiger partial charge is 0.496 e. The van der Waals surface area contributed by atoms with Gasteiger partial charge in [-0.15, -0.1) is 0 Å². The molecule has 1 aromatic carbocycles. The number of carboxylic acid groups (broad SMARTS) is 1. The van der Waals surface area contributed by atoms with Crippen molar-refractivity contribution in [3.63, 3.8) is 0 Å². The number of amides is 2. The van der Waals surface area contributed by atoms with Gasteiger partial charge in [0.15, 0.2) is 0 Å². The van der Waals surface area contributed by atoms with Crippen molar-refractivity contribution in [2.24, 2.45) is 5.92 Å². The molecule has 0 spiro atoms. The summed E-state index contributed by atoms with van der Waals surface area (Å²) < 4.78 is 5.29. The third-order valence-electron chi connectivity index (χ3n) is 4.40. The van der Waals surface area contributed by atoms with Crippen molar-refractivity contribution in [3.8, 4) is 5.75 Å². The molecule has 0 aromatic heterocycles. The molecule has 2 amide bonds. The van der Waals surface area contributed by atoms with Crippen molar-refractivity contribution in [2.75, 3.05) is 14.2 Å². The molecule has 7 heteroatoms. The van der Waals surface area contributed by atoms with E-state index in [-0.39, 0.29) is 18.0 Å². The maximum atomic E-state index is 12.3. The zero-order chi connectivity index (χ0) is 17.7. The van der Waals surface area contributed by atoms with E-state index in [1.165, 1.54) is 0 Å². The average molecular weight is 355 g/mol. The van der Waals surface area contributed by atoms with Gasteiger partial charge in [-0.3, -0.25) is 4.79 Å². The van der Waals surface area contributed by atoms with E-state index < -0.39 is 5.97 Å². The number of ether oxygens (including phenoxy) is 1. The van der Waals surface area contributed by atoms with E-state index in [9.17, 15) is 9.59 Å². The first-order chi connectivity index (χ1) is 11.4. The predicted octanol–water partition coefficient (Wildman–Crippen LogP) is 3.13. The lowest BCUT2D eigenvalue weighted by Gasteiger charge is -2.29. The van der Waals surface area contributed by atoms with Crippen LogP contribution >= 0.6 is 11.6 Å². The van der Waals surface area contributed by atoms with Crippen LogP contribution < -0.4 is 10.1 Å². The SMILES string of the molecule is COc1ccc(Cl)cc1CN(C)C(=O)NC1CCC(C(=O)O)CC1. The molecule has 0 heterocycles. The van der Waals surface area contributed by atoms with Crippen LogP contribution in [0.4, 0.5) is 4.79 Å². The van der Waals surface area contributed by atoms with E-state index in [4.69, 9.17) is 21.4 Å². The Balaban J connectivity index is 1.89. The van der Waals surface area contributed by atoms with Gasteiger partial charge >= 0.3 is 12.0 Å². The Hall–Kier alpha value is -1.95. The van der Waals surface area contributed by atoms with Gasteiger partial charge in [0.25, 0.3) is 0 Å². The highest BCUT2D eigenvalue weighted by atomic mass is 35.5. The number of carbonyl (C=O) groups is 2. The number of carboxylic acids is 1. The van der Waals surface area contributed by atoms with E-state index in [1.807, 2.05) is 0 Å². The summed E-state index contributed by atoms with van der Waals surface area (Å²) in [5, 5.41) is 12.6. The lowest BCUT2D eigenvalue weighted by molar-refractivity contribution is -0.142. The Morgan fingerprint density at radius 1 is 1.33 bits per heavy atom. The molecule has 1 saturated carbocycles. The molecule has 1 aliphatic rings. The highest BCUT2D eigenvalue weighted by Gasteiger charge is 2.27. The molecule has 2 N–H and O–H groups in total. The number of benzene rings is 1. The van der Waals surface area contributed by atoms with Crippen LogP contribution in [0.15, 0.2) is 18.2 Å². The Labute approximate surface area is 146 Å². The summed E-state index contributed by atoms with van der Waals surface area (Å²) in [4.78, 5) is 24.9. The van der Waals surface area contributed by atoms with Gasteiger partial charge in [-0.2, -0.15) is 0 Å². The first-order valence-electron chi connectivity index (χ1n) is 7.97. The smallest absolute Gasteiger partial charge is 0.317 e. The second-order valence-electron chi connectivity index (χ2n) is 6.15. The van der Waals surface area contributed by atoms with Gasteiger partial charge < -0.3 is 20.1 Å². The van der Waals surface area contributed by atoms with Crippen LogP contribution in [0.1, 0.15) is 31.2 Å². The van der Waals surface area contributed by atoms with Gasteiger partial charge in [0.1, 0.15) is 5.75 Å². The van der Waals surface area contributed by atoms with Crippen molar-refractivity contribution in [2.45, 2.75) is 38.3 Å². The topological polar surface area (TPSA) is 78.9 Å². The zero-order valence-corrected chi connectivity index (χ0v) is 14.7. The Kier molecular flexibility index (Phi) is 6.31. The van der Waals surface area contributed by atoms with E-state index >= 15 is 0 Å². The number of urea groups is 1. The van der Waals surface area contributed by atoms with Crippen molar-refractivity contribution in [1.29, 1.82) is 0 Å². The molecule has 0 saturated heterocycles. The number of hydrogen-bond acceptors (Lipinski definition) is 3. The van der Waals surface area contributed by atoms with E-state index in [0.717, 1.165) is 5.56 Å². The number of methoxy groups -OCH3 is 1. The first-order valence-corrected chi connectivity index (χ1v) is 8.35. The van der Waals surface area contributed by atoms with Crippen LogP contribution in [-0.4, -0.2) is 42.2 Å². The Morgan fingerprint density at radius 2 is 2.00 bits per heavy atom. The van der Waals surface area contributed by atoms with Gasteiger partial charge in [-0.05, 0) is 43.9 Å². The fourth-order valence-corrected chi connectivity index (χ4v) is 3.16. The quantitative estimate of drug-likeness (QED) is 0.851. The van der Waals surface area contributed by atoms with Gasteiger partial charge in [0.05, 0.1) is 19.6 Å². The lowest BCUT2D eigenvalue weighted by Crippen LogP contribution is -2.44. The number of aliphatic carboxylic acids is 1. The van der Waals surface area contributed by atoms with E-state index in [2.05, 4.69) is 5.32 Å². The van der Waals surface area contributed by atoms with Crippen molar-refractivity contribution in [3.05, 3.63) is 28.8 Å². The second kappa shape index (κ2) is 8.24. The molecule has 0 bridgehead atoms. The number of halogens is 1.